The number of likely N-dealkylation sites (N-methyl/N-ethyl adjacent to an activating group) is 1. The second-order valence-electron chi connectivity index (χ2n) is 5.85. The van der Waals surface area contributed by atoms with Crippen LogP contribution in [0.1, 0.15) is 44.2 Å². The average molecular weight is 269 g/mol. The first-order valence-corrected chi connectivity index (χ1v) is 7.57. The summed E-state index contributed by atoms with van der Waals surface area (Å²) in [7, 11) is 2.17. The van der Waals surface area contributed by atoms with E-state index < -0.39 is 0 Å². The molecular weight excluding hydrogens is 242 g/mol. The van der Waals surface area contributed by atoms with Crippen LogP contribution in [-0.4, -0.2) is 29.0 Å². The number of nitrogens with zero attached hydrogens (tertiary/aromatic N) is 2. The van der Waals surface area contributed by atoms with Crippen molar-refractivity contribution >= 4 is 11.3 Å². The minimum Gasteiger partial charge on any atom is -0.329 e. The van der Waals surface area contributed by atoms with Gasteiger partial charge in [0, 0.05) is 23.5 Å². The molecule has 0 saturated heterocycles. The van der Waals surface area contributed by atoms with Gasteiger partial charge in [0.25, 0.3) is 0 Å². The number of rotatable bonds is 7. The van der Waals surface area contributed by atoms with E-state index in [1.807, 2.05) is 5.51 Å². The fourth-order valence-corrected chi connectivity index (χ4v) is 2.76. The molecule has 0 saturated carbocycles. The Kier molecular flexibility index (Phi) is 5.76. The first kappa shape index (κ1) is 15.6. The van der Waals surface area contributed by atoms with Gasteiger partial charge >= 0.3 is 0 Å². The van der Waals surface area contributed by atoms with Gasteiger partial charge in [-0.3, -0.25) is 4.90 Å². The quantitative estimate of drug-likeness (QED) is 0.827. The van der Waals surface area contributed by atoms with Crippen LogP contribution >= 0.6 is 11.3 Å². The molecule has 0 aliphatic heterocycles. The van der Waals surface area contributed by atoms with Gasteiger partial charge in [0.15, 0.2) is 0 Å². The van der Waals surface area contributed by atoms with Crippen molar-refractivity contribution in [2.75, 3.05) is 13.6 Å². The Morgan fingerprint density at radius 2 is 2.17 bits per heavy atom. The van der Waals surface area contributed by atoms with Crippen molar-refractivity contribution in [1.29, 1.82) is 0 Å². The maximum atomic E-state index is 6.01. The van der Waals surface area contributed by atoms with Crippen LogP contribution in [0.3, 0.4) is 0 Å². The van der Waals surface area contributed by atoms with Crippen molar-refractivity contribution < 1.29 is 0 Å². The fourth-order valence-electron chi connectivity index (χ4n) is 1.93. The zero-order chi connectivity index (χ0) is 13.8. The van der Waals surface area contributed by atoms with Crippen LogP contribution in [0.25, 0.3) is 0 Å². The van der Waals surface area contributed by atoms with E-state index in [9.17, 15) is 0 Å². The highest BCUT2D eigenvalue weighted by atomic mass is 32.1. The van der Waals surface area contributed by atoms with Crippen LogP contribution < -0.4 is 5.73 Å². The van der Waals surface area contributed by atoms with E-state index in [2.05, 4.69) is 44.6 Å². The summed E-state index contributed by atoms with van der Waals surface area (Å²) < 4.78 is 0. The molecule has 1 heterocycles. The average Bonchev–Trinajstić information content (AvgIpc) is 2.72. The zero-order valence-corrected chi connectivity index (χ0v) is 13.2. The Morgan fingerprint density at radius 3 is 2.61 bits per heavy atom. The summed E-state index contributed by atoms with van der Waals surface area (Å²) in [5.41, 5.74) is 9.16. The van der Waals surface area contributed by atoms with Gasteiger partial charge < -0.3 is 5.73 Å². The third-order valence-electron chi connectivity index (χ3n) is 3.85. The lowest BCUT2D eigenvalue weighted by atomic mass is 9.90. The molecule has 18 heavy (non-hydrogen) atoms. The Labute approximate surface area is 115 Å². The van der Waals surface area contributed by atoms with Crippen LogP contribution in [0, 0.1) is 12.8 Å². The number of thiazole rings is 1. The molecule has 0 radical (unpaired) electrons. The van der Waals surface area contributed by atoms with E-state index in [1.165, 1.54) is 11.3 Å². The molecule has 1 aromatic heterocycles. The van der Waals surface area contributed by atoms with E-state index in [1.54, 1.807) is 11.3 Å². The zero-order valence-electron chi connectivity index (χ0n) is 12.4. The highest BCUT2D eigenvalue weighted by Crippen LogP contribution is 2.25. The Balaban J connectivity index is 2.66. The predicted molar refractivity (Wildman–Crippen MR) is 79.8 cm³/mol. The smallest absolute Gasteiger partial charge is 0.0798 e. The molecule has 0 amide bonds. The number of aryl methyl sites for hydroxylation is 1. The molecule has 4 heteroatoms. The van der Waals surface area contributed by atoms with Crippen molar-refractivity contribution in [3.63, 3.8) is 0 Å². The van der Waals surface area contributed by atoms with E-state index in [4.69, 9.17) is 5.73 Å². The second kappa shape index (κ2) is 6.64. The van der Waals surface area contributed by atoms with Crippen LogP contribution in [0.15, 0.2) is 5.51 Å². The van der Waals surface area contributed by atoms with Crippen molar-refractivity contribution in [2.24, 2.45) is 11.7 Å². The first-order valence-electron chi connectivity index (χ1n) is 6.69. The molecule has 1 atom stereocenters. The molecular formula is C14H27N3S. The molecule has 2 N–H and O–H groups in total. The summed E-state index contributed by atoms with van der Waals surface area (Å²) >= 11 is 1.74. The number of hydrogen-bond donors (Lipinski definition) is 1. The van der Waals surface area contributed by atoms with Gasteiger partial charge in [0.2, 0.25) is 0 Å². The first-order chi connectivity index (χ1) is 8.39. The van der Waals surface area contributed by atoms with Crippen molar-refractivity contribution in [3.8, 4) is 0 Å². The summed E-state index contributed by atoms with van der Waals surface area (Å²) in [4.78, 5) is 8.05. The van der Waals surface area contributed by atoms with Crippen LogP contribution in [-0.2, 0) is 6.54 Å². The number of hydrogen-bond acceptors (Lipinski definition) is 4. The molecule has 1 rings (SSSR count). The largest absolute Gasteiger partial charge is 0.329 e. The summed E-state index contributed by atoms with van der Waals surface area (Å²) in [6, 6.07) is 0. The van der Waals surface area contributed by atoms with Crippen molar-refractivity contribution in [3.05, 3.63) is 16.1 Å². The predicted octanol–water partition coefficient (Wildman–Crippen LogP) is 3.04. The highest BCUT2D eigenvalue weighted by molar-refractivity contribution is 7.09. The molecule has 0 aliphatic rings. The molecule has 0 fully saturated rings. The highest BCUT2D eigenvalue weighted by Gasteiger charge is 2.28. The maximum absolute atomic E-state index is 6.01. The third kappa shape index (κ3) is 4.04. The van der Waals surface area contributed by atoms with Crippen LogP contribution in [0.2, 0.25) is 0 Å². The molecule has 3 nitrogen and oxygen atoms in total. The van der Waals surface area contributed by atoms with Gasteiger partial charge in [-0.2, -0.15) is 0 Å². The van der Waals surface area contributed by atoms with Crippen LogP contribution in [0.5, 0.6) is 0 Å². The topological polar surface area (TPSA) is 42.2 Å². The van der Waals surface area contributed by atoms with Gasteiger partial charge in [-0.25, -0.2) is 4.98 Å². The summed E-state index contributed by atoms with van der Waals surface area (Å²) in [6.45, 7) is 10.5. The molecule has 0 bridgehead atoms. The standard InChI is InChI=1S/C14H27N3S/c1-11(2)6-7-14(4,9-15)17(5)8-13-12(3)16-10-18-13/h10-11H,6-9,15H2,1-5H3. The Hall–Kier alpha value is -0.450. The lowest BCUT2D eigenvalue weighted by Gasteiger charge is -2.38. The summed E-state index contributed by atoms with van der Waals surface area (Å²) in [5, 5.41) is 0. The summed E-state index contributed by atoms with van der Waals surface area (Å²) in [5.74, 6) is 0.731. The fraction of sp³-hybridized carbons (Fsp3) is 0.786. The molecule has 1 unspecified atom stereocenters. The van der Waals surface area contributed by atoms with Crippen molar-refractivity contribution in [2.45, 2.75) is 52.6 Å². The molecule has 0 spiro atoms. The van der Waals surface area contributed by atoms with E-state index in [-0.39, 0.29) is 5.54 Å². The van der Waals surface area contributed by atoms with E-state index >= 15 is 0 Å². The van der Waals surface area contributed by atoms with Gasteiger partial charge in [0.1, 0.15) is 0 Å². The Bertz CT molecular complexity index is 362. The molecule has 0 aliphatic carbocycles. The van der Waals surface area contributed by atoms with Crippen molar-refractivity contribution in [1.82, 2.24) is 9.88 Å². The molecule has 0 aromatic carbocycles. The monoisotopic (exact) mass is 269 g/mol. The van der Waals surface area contributed by atoms with Gasteiger partial charge in [-0.15, -0.1) is 11.3 Å². The van der Waals surface area contributed by atoms with E-state index in [0.29, 0.717) is 6.54 Å². The molecule has 104 valence electrons. The van der Waals surface area contributed by atoms with Gasteiger partial charge in [-0.05, 0) is 39.7 Å². The lowest BCUT2D eigenvalue weighted by Crippen LogP contribution is -2.49. The summed E-state index contributed by atoms with van der Waals surface area (Å²) in [6.07, 6.45) is 2.37. The van der Waals surface area contributed by atoms with Crippen LogP contribution in [0.4, 0.5) is 0 Å². The normalized spacial score (nSPS) is 15.3. The minimum absolute atomic E-state index is 0.0840. The number of aromatic nitrogens is 1. The van der Waals surface area contributed by atoms with E-state index in [0.717, 1.165) is 24.6 Å². The maximum Gasteiger partial charge on any atom is 0.0798 e. The molecule has 1 aromatic rings. The minimum atomic E-state index is 0.0840. The van der Waals surface area contributed by atoms with Gasteiger partial charge in [0.05, 0.1) is 11.2 Å². The van der Waals surface area contributed by atoms with Gasteiger partial charge in [-0.1, -0.05) is 13.8 Å². The third-order valence-corrected chi connectivity index (χ3v) is 4.77. The SMILES string of the molecule is Cc1ncsc1CN(C)C(C)(CN)CCC(C)C. The second-order valence-corrected chi connectivity index (χ2v) is 6.79. The Morgan fingerprint density at radius 1 is 1.50 bits per heavy atom. The number of nitrogens with two attached hydrogens (primary N) is 1. The lowest BCUT2D eigenvalue weighted by molar-refractivity contribution is 0.120.